The lowest BCUT2D eigenvalue weighted by molar-refractivity contribution is 0.310. The smallest absolute Gasteiger partial charge is 0.124 e. The van der Waals surface area contributed by atoms with Crippen LogP contribution in [0.5, 0.6) is 5.75 Å². The van der Waals surface area contributed by atoms with Crippen molar-refractivity contribution in [1.29, 1.82) is 0 Å². The normalized spacial score (nSPS) is 17.1. The van der Waals surface area contributed by atoms with Crippen LogP contribution >= 0.6 is 15.9 Å². The third-order valence-corrected chi connectivity index (χ3v) is 4.34. The summed E-state index contributed by atoms with van der Waals surface area (Å²) >= 11 is 3.57. The molecule has 98 valence electrons. The molecule has 1 aliphatic heterocycles. The predicted octanol–water partition coefficient (Wildman–Crippen LogP) is 3.98. The van der Waals surface area contributed by atoms with Gasteiger partial charge in [-0.05, 0) is 30.2 Å². The first-order valence-electron chi connectivity index (χ1n) is 6.44. The second-order valence-corrected chi connectivity index (χ2v) is 5.72. The maximum atomic E-state index is 5.67. The first kappa shape index (κ1) is 12.7. The second kappa shape index (κ2) is 5.35. The molecule has 0 aromatic heterocycles. The minimum Gasteiger partial charge on any atom is -0.491 e. The molecule has 0 spiro atoms. The van der Waals surface area contributed by atoms with Crippen molar-refractivity contribution in [1.82, 2.24) is 5.32 Å². The van der Waals surface area contributed by atoms with Gasteiger partial charge >= 0.3 is 0 Å². The van der Waals surface area contributed by atoms with E-state index in [0.29, 0.717) is 6.61 Å². The fourth-order valence-electron chi connectivity index (χ4n) is 2.32. The second-order valence-electron chi connectivity index (χ2n) is 4.87. The number of nitrogens with one attached hydrogen (secondary N) is 1. The maximum Gasteiger partial charge on any atom is 0.124 e. The summed E-state index contributed by atoms with van der Waals surface area (Å²) in [4.78, 5) is 0. The summed E-state index contributed by atoms with van der Waals surface area (Å²) < 4.78 is 6.83. The Hall–Kier alpha value is -1.32. The number of halogens is 1. The molecule has 1 aliphatic rings. The van der Waals surface area contributed by atoms with Crippen LogP contribution in [0.3, 0.4) is 0 Å². The van der Waals surface area contributed by atoms with Crippen LogP contribution in [0.15, 0.2) is 46.9 Å². The summed E-state index contributed by atoms with van der Waals surface area (Å²) in [5, 5.41) is 3.55. The Kier molecular flexibility index (Phi) is 3.58. The van der Waals surface area contributed by atoms with Gasteiger partial charge in [-0.1, -0.05) is 46.3 Å². The minimum atomic E-state index is 0.288. The summed E-state index contributed by atoms with van der Waals surface area (Å²) in [6.07, 6.45) is 0. The van der Waals surface area contributed by atoms with Gasteiger partial charge in [0.25, 0.3) is 0 Å². The summed E-state index contributed by atoms with van der Waals surface area (Å²) in [6.45, 7) is 3.66. The van der Waals surface area contributed by atoms with E-state index >= 15 is 0 Å². The van der Waals surface area contributed by atoms with E-state index in [1.165, 1.54) is 16.7 Å². The summed E-state index contributed by atoms with van der Waals surface area (Å²) in [5.74, 6) is 1.00. The highest BCUT2D eigenvalue weighted by Crippen LogP contribution is 2.31. The molecule has 0 radical (unpaired) electrons. The molecule has 0 aliphatic carbocycles. The predicted molar refractivity (Wildman–Crippen MR) is 80.4 cm³/mol. The largest absolute Gasteiger partial charge is 0.491 e. The van der Waals surface area contributed by atoms with Crippen LogP contribution < -0.4 is 10.1 Å². The SMILES string of the molecule is Cc1ccc(CNC2COc3ccccc32)cc1Br. The van der Waals surface area contributed by atoms with E-state index in [-0.39, 0.29) is 6.04 Å². The van der Waals surface area contributed by atoms with Gasteiger partial charge in [-0.25, -0.2) is 0 Å². The van der Waals surface area contributed by atoms with Crippen molar-refractivity contribution in [2.75, 3.05) is 6.61 Å². The lowest BCUT2D eigenvalue weighted by atomic mass is 10.1. The molecule has 0 bridgehead atoms. The van der Waals surface area contributed by atoms with E-state index in [1.54, 1.807) is 0 Å². The zero-order valence-electron chi connectivity index (χ0n) is 10.8. The molecule has 0 fully saturated rings. The molecular formula is C16H16BrNO. The average Bonchev–Trinajstić information content (AvgIpc) is 2.83. The van der Waals surface area contributed by atoms with Gasteiger partial charge in [0.2, 0.25) is 0 Å². The average molecular weight is 318 g/mol. The van der Waals surface area contributed by atoms with Crippen molar-refractivity contribution in [3.05, 3.63) is 63.6 Å². The number of fused-ring (bicyclic) bond motifs is 1. The number of rotatable bonds is 3. The molecule has 1 N–H and O–H groups in total. The number of hydrogen-bond donors (Lipinski definition) is 1. The van der Waals surface area contributed by atoms with Gasteiger partial charge in [-0.3, -0.25) is 0 Å². The number of hydrogen-bond acceptors (Lipinski definition) is 2. The highest BCUT2D eigenvalue weighted by Gasteiger charge is 2.22. The molecule has 19 heavy (non-hydrogen) atoms. The van der Waals surface area contributed by atoms with Gasteiger partial charge in [-0.15, -0.1) is 0 Å². The lowest BCUT2D eigenvalue weighted by Gasteiger charge is -2.12. The third-order valence-electron chi connectivity index (χ3n) is 3.49. The molecule has 0 amide bonds. The Morgan fingerprint density at radius 2 is 2.11 bits per heavy atom. The number of benzene rings is 2. The molecule has 0 saturated carbocycles. The molecule has 1 atom stereocenters. The highest BCUT2D eigenvalue weighted by atomic mass is 79.9. The van der Waals surface area contributed by atoms with Crippen LogP contribution in [0, 0.1) is 6.92 Å². The fourth-order valence-corrected chi connectivity index (χ4v) is 2.75. The van der Waals surface area contributed by atoms with E-state index in [9.17, 15) is 0 Å². The number of aryl methyl sites for hydroxylation is 1. The Morgan fingerprint density at radius 3 is 2.95 bits per heavy atom. The van der Waals surface area contributed by atoms with E-state index in [4.69, 9.17) is 4.74 Å². The Bertz CT molecular complexity index is 597. The van der Waals surface area contributed by atoms with Crippen molar-refractivity contribution in [2.45, 2.75) is 19.5 Å². The molecule has 3 rings (SSSR count). The monoisotopic (exact) mass is 317 g/mol. The van der Waals surface area contributed by atoms with Crippen molar-refractivity contribution in [3.8, 4) is 5.75 Å². The van der Waals surface area contributed by atoms with Gasteiger partial charge in [0.05, 0.1) is 6.04 Å². The van der Waals surface area contributed by atoms with Crippen LogP contribution in [0.4, 0.5) is 0 Å². The number of ether oxygens (including phenoxy) is 1. The molecule has 2 nitrogen and oxygen atoms in total. The first-order valence-corrected chi connectivity index (χ1v) is 7.23. The van der Waals surface area contributed by atoms with Crippen molar-refractivity contribution >= 4 is 15.9 Å². The standard InChI is InChI=1S/C16H16BrNO/c1-11-6-7-12(8-14(11)17)9-18-15-10-19-16-5-3-2-4-13(15)16/h2-8,15,18H,9-10H2,1H3. The van der Waals surface area contributed by atoms with Crippen LogP contribution in [-0.2, 0) is 6.54 Å². The summed E-state index contributed by atoms with van der Waals surface area (Å²) in [6, 6.07) is 15.0. The lowest BCUT2D eigenvalue weighted by Crippen LogP contribution is -2.21. The van der Waals surface area contributed by atoms with Crippen molar-refractivity contribution in [2.24, 2.45) is 0 Å². The van der Waals surface area contributed by atoms with Crippen molar-refractivity contribution in [3.63, 3.8) is 0 Å². The topological polar surface area (TPSA) is 21.3 Å². The zero-order valence-corrected chi connectivity index (χ0v) is 12.4. The van der Waals surface area contributed by atoms with Gasteiger partial charge in [0, 0.05) is 16.6 Å². The molecule has 2 aromatic carbocycles. The van der Waals surface area contributed by atoms with Crippen LogP contribution in [0.1, 0.15) is 22.7 Å². The Morgan fingerprint density at radius 1 is 1.26 bits per heavy atom. The van der Waals surface area contributed by atoms with Gasteiger partial charge in [0.15, 0.2) is 0 Å². The van der Waals surface area contributed by atoms with Crippen LogP contribution in [-0.4, -0.2) is 6.61 Å². The Labute approximate surface area is 121 Å². The summed E-state index contributed by atoms with van der Waals surface area (Å²) in [5.41, 5.74) is 3.80. The molecule has 1 unspecified atom stereocenters. The molecule has 0 saturated heterocycles. The maximum absolute atomic E-state index is 5.67. The van der Waals surface area contributed by atoms with Gasteiger partial charge in [0.1, 0.15) is 12.4 Å². The van der Waals surface area contributed by atoms with E-state index in [0.717, 1.165) is 16.8 Å². The zero-order chi connectivity index (χ0) is 13.2. The molecular weight excluding hydrogens is 302 g/mol. The van der Waals surface area contributed by atoms with Crippen LogP contribution in [0.2, 0.25) is 0 Å². The van der Waals surface area contributed by atoms with Crippen molar-refractivity contribution < 1.29 is 4.74 Å². The fraction of sp³-hybridized carbons (Fsp3) is 0.250. The van der Waals surface area contributed by atoms with Crippen LogP contribution in [0.25, 0.3) is 0 Å². The highest BCUT2D eigenvalue weighted by molar-refractivity contribution is 9.10. The summed E-state index contributed by atoms with van der Waals surface area (Å²) in [7, 11) is 0. The van der Waals surface area contributed by atoms with Gasteiger partial charge in [-0.2, -0.15) is 0 Å². The van der Waals surface area contributed by atoms with Gasteiger partial charge < -0.3 is 10.1 Å². The van der Waals surface area contributed by atoms with E-state index in [1.807, 2.05) is 12.1 Å². The molecule has 1 heterocycles. The quantitative estimate of drug-likeness (QED) is 0.924. The first-order chi connectivity index (χ1) is 9.24. The van der Waals surface area contributed by atoms with E-state index in [2.05, 4.69) is 58.5 Å². The third kappa shape index (κ3) is 2.67. The number of para-hydroxylation sites is 1. The van der Waals surface area contributed by atoms with E-state index < -0.39 is 0 Å². The Balaban J connectivity index is 1.69. The minimum absolute atomic E-state index is 0.288. The molecule has 3 heteroatoms. The molecule has 2 aromatic rings.